The molecular formula is C20H14N2O3. The number of benzene rings is 3. The molecule has 0 fully saturated rings. The smallest absolute Gasteiger partial charge is 0.342 e. The van der Waals surface area contributed by atoms with Gasteiger partial charge in [-0.3, -0.25) is 9.36 Å². The molecule has 1 heterocycles. The van der Waals surface area contributed by atoms with Crippen molar-refractivity contribution in [2.75, 3.05) is 0 Å². The van der Waals surface area contributed by atoms with E-state index in [-0.39, 0.29) is 0 Å². The molecule has 4 rings (SSSR count). The molecule has 4 aromatic rings. The Balaban J connectivity index is 1.89. The van der Waals surface area contributed by atoms with Gasteiger partial charge in [-0.2, -0.15) is 4.57 Å². The molecule has 0 bridgehead atoms. The summed E-state index contributed by atoms with van der Waals surface area (Å²) in [5.41, 5.74) is 0.329. The van der Waals surface area contributed by atoms with E-state index in [1.165, 1.54) is 10.8 Å². The van der Waals surface area contributed by atoms with Crippen LogP contribution in [0.5, 0.6) is 5.88 Å². The maximum atomic E-state index is 12.9. The SMILES string of the molecule is O=C(c1cccc2ccccc12)n1c(O)cn(-c2ccccc2)c1=O. The minimum atomic E-state index is -0.610. The maximum Gasteiger partial charge on any atom is 0.342 e. The topological polar surface area (TPSA) is 64.2 Å². The number of hydrogen-bond donors (Lipinski definition) is 1. The molecule has 0 atom stereocenters. The van der Waals surface area contributed by atoms with Gasteiger partial charge in [-0.15, -0.1) is 0 Å². The summed E-state index contributed by atoms with van der Waals surface area (Å²) in [6.07, 6.45) is 1.25. The van der Waals surface area contributed by atoms with Crippen molar-refractivity contribution >= 4 is 16.7 Å². The fraction of sp³-hybridized carbons (Fsp3) is 0. The third-order valence-electron chi connectivity index (χ3n) is 4.13. The van der Waals surface area contributed by atoms with E-state index < -0.39 is 17.5 Å². The average molecular weight is 330 g/mol. The van der Waals surface area contributed by atoms with Crippen LogP contribution in [0.1, 0.15) is 10.4 Å². The fourth-order valence-electron chi connectivity index (χ4n) is 2.93. The summed E-state index contributed by atoms with van der Waals surface area (Å²) < 4.78 is 2.03. The molecule has 0 aliphatic rings. The highest BCUT2D eigenvalue weighted by atomic mass is 16.3. The molecule has 0 spiro atoms. The number of carbonyl (C=O) groups excluding carboxylic acids is 1. The zero-order valence-corrected chi connectivity index (χ0v) is 13.2. The van der Waals surface area contributed by atoms with Gasteiger partial charge < -0.3 is 5.11 Å². The van der Waals surface area contributed by atoms with Crippen molar-refractivity contribution in [2.45, 2.75) is 0 Å². The Morgan fingerprint density at radius 1 is 0.840 bits per heavy atom. The highest BCUT2D eigenvalue weighted by Gasteiger charge is 2.20. The van der Waals surface area contributed by atoms with Crippen molar-refractivity contribution in [3.8, 4) is 11.6 Å². The first-order chi connectivity index (χ1) is 12.2. The van der Waals surface area contributed by atoms with Gasteiger partial charge >= 0.3 is 5.69 Å². The van der Waals surface area contributed by atoms with E-state index in [2.05, 4.69) is 0 Å². The Hall–Kier alpha value is -3.60. The molecule has 0 saturated carbocycles. The molecule has 0 aliphatic heterocycles. The van der Waals surface area contributed by atoms with E-state index in [1.54, 1.807) is 36.4 Å². The molecule has 0 amide bonds. The van der Waals surface area contributed by atoms with E-state index in [0.717, 1.165) is 15.3 Å². The quantitative estimate of drug-likeness (QED) is 0.614. The zero-order valence-electron chi connectivity index (χ0n) is 13.2. The highest BCUT2D eigenvalue weighted by Crippen LogP contribution is 2.21. The van der Waals surface area contributed by atoms with Gasteiger partial charge in [-0.25, -0.2) is 4.79 Å². The van der Waals surface area contributed by atoms with Crippen molar-refractivity contribution in [3.63, 3.8) is 0 Å². The first-order valence-electron chi connectivity index (χ1n) is 7.78. The van der Waals surface area contributed by atoms with Gasteiger partial charge in [0.05, 0.1) is 11.9 Å². The minimum Gasteiger partial charge on any atom is -0.493 e. The Morgan fingerprint density at radius 3 is 2.32 bits per heavy atom. The van der Waals surface area contributed by atoms with E-state index in [9.17, 15) is 14.7 Å². The Bertz CT molecular complexity index is 1140. The van der Waals surface area contributed by atoms with Gasteiger partial charge in [-0.05, 0) is 29.0 Å². The number of para-hydroxylation sites is 1. The molecule has 0 radical (unpaired) electrons. The summed E-state index contributed by atoms with van der Waals surface area (Å²) in [6, 6.07) is 21.6. The second-order valence-corrected chi connectivity index (χ2v) is 5.64. The molecule has 3 aromatic carbocycles. The van der Waals surface area contributed by atoms with Crippen LogP contribution in [0.2, 0.25) is 0 Å². The second-order valence-electron chi connectivity index (χ2n) is 5.64. The van der Waals surface area contributed by atoms with Crippen molar-refractivity contribution < 1.29 is 9.90 Å². The van der Waals surface area contributed by atoms with Crippen molar-refractivity contribution in [1.82, 2.24) is 9.13 Å². The molecule has 5 heteroatoms. The lowest BCUT2D eigenvalue weighted by Crippen LogP contribution is -2.28. The Kier molecular flexibility index (Phi) is 3.47. The number of fused-ring (bicyclic) bond motifs is 1. The van der Waals surface area contributed by atoms with Crippen LogP contribution >= 0.6 is 0 Å². The van der Waals surface area contributed by atoms with Crippen LogP contribution in [0.25, 0.3) is 16.5 Å². The third-order valence-corrected chi connectivity index (χ3v) is 4.13. The van der Waals surface area contributed by atoms with Gasteiger partial charge in [0.2, 0.25) is 5.88 Å². The first kappa shape index (κ1) is 15.0. The van der Waals surface area contributed by atoms with Crippen LogP contribution in [0.15, 0.2) is 83.8 Å². The molecular weight excluding hydrogens is 316 g/mol. The van der Waals surface area contributed by atoms with Gasteiger partial charge in [0.1, 0.15) is 0 Å². The summed E-state index contributed by atoms with van der Waals surface area (Å²) in [5, 5.41) is 11.8. The largest absolute Gasteiger partial charge is 0.493 e. The summed E-state index contributed by atoms with van der Waals surface area (Å²) in [6.45, 7) is 0. The van der Waals surface area contributed by atoms with E-state index in [1.807, 2.05) is 36.4 Å². The van der Waals surface area contributed by atoms with Crippen LogP contribution in [0.3, 0.4) is 0 Å². The van der Waals surface area contributed by atoms with Gasteiger partial charge in [-0.1, -0.05) is 54.6 Å². The molecule has 5 nitrogen and oxygen atoms in total. The molecule has 1 N–H and O–H groups in total. The Morgan fingerprint density at radius 2 is 1.52 bits per heavy atom. The number of rotatable bonds is 2. The third kappa shape index (κ3) is 2.42. The number of nitrogens with zero attached hydrogens (tertiary/aromatic N) is 2. The lowest BCUT2D eigenvalue weighted by molar-refractivity contribution is 0.0948. The molecule has 0 aliphatic carbocycles. The molecule has 0 saturated heterocycles. The lowest BCUT2D eigenvalue weighted by atomic mass is 10.0. The predicted octanol–water partition coefficient (Wildman–Crippen LogP) is 3.19. The number of hydrogen-bond acceptors (Lipinski definition) is 3. The highest BCUT2D eigenvalue weighted by molar-refractivity contribution is 6.08. The molecule has 122 valence electrons. The van der Waals surface area contributed by atoms with Gasteiger partial charge in [0.15, 0.2) is 0 Å². The number of imidazole rings is 1. The van der Waals surface area contributed by atoms with E-state index in [0.29, 0.717) is 11.3 Å². The summed E-state index contributed by atoms with van der Waals surface area (Å²) in [7, 11) is 0. The van der Waals surface area contributed by atoms with Crippen LogP contribution in [0.4, 0.5) is 0 Å². The molecule has 0 unspecified atom stereocenters. The van der Waals surface area contributed by atoms with Crippen LogP contribution in [0, 0.1) is 0 Å². The predicted molar refractivity (Wildman–Crippen MR) is 95.4 cm³/mol. The van der Waals surface area contributed by atoms with Crippen molar-refractivity contribution in [3.05, 3.63) is 95.0 Å². The molecule has 1 aromatic heterocycles. The second kappa shape index (κ2) is 5.79. The van der Waals surface area contributed by atoms with Crippen LogP contribution < -0.4 is 5.69 Å². The summed E-state index contributed by atoms with van der Waals surface area (Å²) in [5.74, 6) is -0.958. The average Bonchev–Trinajstić information content (AvgIpc) is 2.96. The van der Waals surface area contributed by atoms with Crippen molar-refractivity contribution in [2.24, 2.45) is 0 Å². The first-order valence-corrected chi connectivity index (χ1v) is 7.78. The van der Waals surface area contributed by atoms with Gasteiger partial charge in [0, 0.05) is 5.56 Å². The number of carbonyl (C=O) groups is 1. The monoisotopic (exact) mass is 330 g/mol. The standard InChI is InChI=1S/C20H14N2O3/c23-18-13-21(15-9-2-1-3-10-15)20(25)22(18)19(24)17-12-6-8-14-7-4-5-11-16(14)17/h1-13,23H. The number of aromatic nitrogens is 2. The lowest BCUT2D eigenvalue weighted by Gasteiger charge is -2.06. The zero-order chi connectivity index (χ0) is 17.4. The Labute approximate surface area is 143 Å². The number of aromatic hydroxyl groups is 1. The van der Waals surface area contributed by atoms with Crippen LogP contribution in [-0.2, 0) is 0 Å². The van der Waals surface area contributed by atoms with E-state index in [4.69, 9.17) is 0 Å². The minimum absolute atomic E-state index is 0.362. The summed E-state index contributed by atoms with van der Waals surface area (Å²) >= 11 is 0. The van der Waals surface area contributed by atoms with Crippen LogP contribution in [-0.4, -0.2) is 20.1 Å². The normalized spacial score (nSPS) is 10.9. The fourth-order valence-corrected chi connectivity index (χ4v) is 2.93. The maximum absolute atomic E-state index is 12.9. The van der Waals surface area contributed by atoms with Crippen molar-refractivity contribution in [1.29, 1.82) is 0 Å². The van der Waals surface area contributed by atoms with E-state index >= 15 is 0 Å². The molecule has 25 heavy (non-hydrogen) atoms. The van der Waals surface area contributed by atoms with Gasteiger partial charge in [0.25, 0.3) is 5.91 Å². The summed E-state index contributed by atoms with van der Waals surface area (Å²) in [4.78, 5) is 25.6.